The molecule has 86 valence electrons. The number of ether oxygens (including phenoxy) is 1. The van der Waals surface area contributed by atoms with Crippen LogP contribution in [0.4, 0.5) is 0 Å². The molecule has 1 aromatic carbocycles. The largest absolute Gasteiger partial charge is 0.489 e. The van der Waals surface area contributed by atoms with Crippen LogP contribution in [0, 0.1) is 0 Å². The van der Waals surface area contributed by atoms with Crippen LogP contribution in [0.15, 0.2) is 49.1 Å². The third-order valence-electron chi connectivity index (χ3n) is 2.20. The van der Waals surface area contributed by atoms with Gasteiger partial charge in [-0.2, -0.15) is 0 Å². The fourth-order valence-corrected chi connectivity index (χ4v) is 1.45. The van der Waals surface area contributed by atoms with Gasteiger partial charge in [0.15, 0.2) is 0 Å². The van der Waals surface area contributed by atoms with Crippen molar-refractivity contribution in [3.05, 3.63) is 54.6 Å². The first kappa shape index (κ1) is 12.5. The molecule has 0 aromatic heterocycles. The molecule has 2 heteroatoms. The fourth-order valence-electron chi connectivity index (χ4n) is 1.45. The second kappa shape index (κ2) is 6.85. The summed E-state index contributed by atoms with van der Waals surface area (Å²) >= 11 is 0. The molecule has 1 N–H and O–H groups in total. The van der Waals surface area contributed by atoms with Crippen LogP contribution >= 0.6 is 0 Å². The normalized spacial score (nSPS) is 9.81. The summed E-state index contributed by atoms with van der Waals surface area (Å²) in [5, 5.41) is 3.05. The first-order chi connectivity index (χ1) is 7.77. The van der Waals surface area contributed by atoms with E-state index in [0.29, 0.717) is 6.61 Å². The van der Waals surface area contributed by atoms with E-state index < -0.39 is 0 Å². The van der Waals surface area contributed by atoms with Crippen LogP contribution in [0.25, 0.3) is 0 Å². The molecule has 0 aliphatic rings. The number of hydrogen-bond acceptors (Lipinski definition) is 2. The number of likely N-dealkylation sites (N-methyl/N-ethyl adjacent to an activating group) is 1. The minimum atomic E-state index is 0.551. The number of hydrogen-bond donors (Lipinski definition) is 1. The van der Waals surface area contributed by atoms with Crippen LogP contribution in [0.3, 0.4) is 0 Å². The predicted molar refractivity (Wildman–Crippen MR) is 68.9 cm³/mol. The summed E-state index contributed by atoms with van der Waals surface area (Å²) in [5.74, 6) is 0.916. The van der Waals surface area contributed by atoms with Gasteiger partial charge in [-0.25, -0.2) is 0 Å². The molecule has 0 spiro atoms. The second-order valence-corrected chi connectivity index (χ2v) is 3.67. The predicted octanol–water partition coefficient (Wildman–Crippen LogP) is 2.57. The van der Waals surface area contributed by atoms with Crippen molar-refractivity contribution in [2.45, 2.75) is 6.42 Å². The summed E-state index contributed by atoms with van der Waals surface area (Å²) in [6.45, 7) is 9.00. The van der Waals surface area contributed by atoms with Crippen LogP contribution in [-0.2, 0) is 6.42 Å². The molecule has 0 fully saturated rings. The van der Waals surface area contributed by atoms with Gasteiger partial charge in [0.2, 0.25) is 0 Å². The maximum atomic E-state index is 5.72. The second-order valence-electron chi connectivity index (χ2n) is 3.67. The van der Waals surface area contributed by atoms with Crippen LogP contribution in [-0.4, -0.2) is 20.2 Å². The monoisotopic (exact) mass is 217 g/mol. The Morgan fingerprint density at radius 2 is 2.19 bits per heavy atom. The van der Waals surface area contributed by atoms with E-state index >= 15 is 0 Å². The summed E-state index contributed by atoms with van der Waals surface area (Å²) in [6, 6.07) is 8.01. The zero-order valence-electron chi connectivity index (χ0n) is 9.83. The van der Waals surface area contributed by atoms with Crippen LogP contribution in [0.1, 0.15) is 5.56 Å². The van der Waals surface area contributed by atoms with E-state index in [9.17, 15) is 0 Å². The number of allylic oxidation sites excluding steroid dienone is 1. The number of nitrogens with one attached hydrogen (secondary N) is 1. The molecular weight excluding hydrogens is 198 g/mol. The van der Waals surface area contributed by atoms with E-state index in [2.05, 4.69) is 24.5 Å². The van der Waals surface area contributed by atoms with E-state index in [4.69, 9.17) is 4.74 Å². The Kier molecular flexibility index (Phi) is 5.37. The van der Waals surface area contributed by atoms with Crippen LogP contribution in [0.5, 0.6) is 5.75 Å². The lowest BCUT2D eigenvalue weighted by Gasteiger charge is -2.11. The molecule has 0 aliphatic carbocycles. The topological polar surface area (TPSA) is 21.3 Å². The van der Waals surface area contributed by atoms with Gasteiger partial charge in [0.25, 0.3) is 0 Å². The Labute approximate surface area is 97.6 Å². The number of para-hydroxylation sites is 1. The van der Waals surface area contributed by atoms with Crippen molar-refractivity contribution in [3.8, 4) is 5.75 Å². The van der Waals surface area contributed by atoms with Crippen molar-refractivity contribution in [2.24, 2.45) is 0 Å². The van der Waals surface area contributed by atoms with Gasteiger partial charge in [0, 0.05) is 6.54 Å². The van der Waals surface area contributed by atoms with Crippen molar-refractivity contribution in [3.63, 3.8) is 0 Å². The molecule has 0 bridgehead atoms. The van der Waals surface area contributed by atoms with E-state index in [0.717, 1.165) is 29.9 Å². The highest BCUT2D eigenvalue weighted by Crippen LogP contribution is 2.19. The van der Waals surface area contributed by atoms with Gasteiger partial charge in [0.1, 0.15) is 12.4 Å². The zero-order chi connectivity index (χ0) is 11.8. The molecule has 0 saturated heterocycles. The van der Waals surface area contributed by atoms with Crippen molar-refractivity contribution in [1.29, 1.82) is 0 Å². The Balaban J connectivity index is 2.58. The van der Waals surface area contributed by atoms with Crippen molar-refractivity contribution in [1.82, 2.24) is 5.32 Å². The lowest BCUT2D eigenvalue weighted by atomic mass is 10.1. The highest BCUT2D eigenvalue weighted by molar-refractivity contribution is 5.34. The summed E-state index contributed by atoms with van der Waals surface area (Å²) in [5.41, 5.74) is 2.20. The van der Waals surface area contributed by atoms with E-state index in [1.54, 1.807) is 0 Å². The van der Waals surface area contributed by atoms with Gasteiger partial charge in [0.05, 0.1) is 0 Å². The Hall–Kier alpha value is -1.54. The summed E-state index contributed by atoms with van der Waals surface area (Å²) in [6.07, 6.45) is 2.71. The lowest BCUT2D eigenvalue weighted by molar-refractivity contribution is 0.346. The average Bonchev–Trinajstić information content (AvgIpc) is 2.29. The molecular formula is C14H19NO. The zero-order valence-corrected chi connectivity index (χ0v) is 9.83. The highest BCUT2D eigenvalue weighted by Gasteiger charge is 2.01. The molecule has 1 aromatic rings. The first-order valence-electron chi connectivity index (χ1n) is 5.40. The van der Waals surface area contributed by atoms with Crippen molar-refractivity contribution in [2.75, 3.05) is 20.2 Å². The summed E-state index contributed by atoms with van der Waals surface area (Å²) in [4.78, 5) is 0. The van der Waals surface area contributed by atoms with E-state index in [-0.39, 0.29) is 0 Å². The Bertz CT molecular complexity index is 358. The molecule has 0 saturated carbocycles. The molecule has 0 amide bonds. The Morgan fingerprint density at radius 1 is 1.44 bits per heavy atom. The standard InChI is InChI=1S/C14H19NO/c1-4-7-13-8-5-6-9-14(13)16-11-12(2)10-15-3/h4-6,8-9,15H,1-2,7,10-11H2,3H3. The van der Waals surface area contributed by atoms with E-state index in [1.165, 1.54) is 0 Å². The fraction of sp³-hybridized carbons (Fsp3) is 0.286. The third-order valence-corrected chi connectivity index (χ3v) is 2.20. The maximum absolute atomic E-state index is 5.72. The van der Waals surface area contributed by atoms with Gasteiger partial charge >= 0.3 is 0 Å². The SMILES string of the molecule is C=CCc1ccccc1OCC(=C)CNC. The van der Waals surface area contributed by atoms with Gasteiger partial charge in [-0.15, -0.1) is 6.58 Å². The van der Waals surface area contributed by atoms with Crippen LogP contribution in [0.2, 0.25) is 0 Å². The molecule has 0 radical (unpaired) electrons. The minimum Gasteiger partial charge on any atom is -0.489 e. The summed E-state index contributed by atoms with van der Waals surface area (Å²) in [7, 11) is 1.90. The molecule has 0 unspecified atom stereocenters. The molecule has 0 heterocycles. The highest BCUT2D eigenvalue weighted by atomic mass is 16.5. The Morgan fingerprint density at radius 3 is 2.88 bits per heavy atom. The van der Waals surface area contributed by atoms with Gasteiger partial charge in [-0.1, -0.05) is 30.9 Å². The van der Waals surface area contributed by atoms with E-state index in [1.807, 2.05) is 31.3 Å². The summed E-state index contributed by atoms with van der Waals surface area (Å²) < 4.78 is 5.72. The minimum absolute atomic E-state index is 0.551. The number of benzene rings is 1. The molecule has 1 rings (SSSR count). The van der Waals surface area contributed by atoms with Crippen molar-refractivity contribution >= 4 is 0 Å². The average molecular weight is 217 g/mol. The van der Waals surface area contributed by atoms with Crippen molar-refractivity contribution < 1.29 is 4.74 Å². The quantitative estimate of drug-likeness (QED) is 0.709. The maximum Gasteiger partial charge on any atom is 0.123 e. The molecule has 0 aliphatic heterocycles. The van der Waals surface area contributed by atoms with Gasteiger partial charge in [-0.05, 0) is 30.7 Å². The third kappa shape index (κ3) is 3.91. The molecule has 0 atom stereocenters. The smallest absolute Gasteiger partial charge is 0.123 e. The van der Waals surface area contributed by atoms with Gasteiger partial charge in [-0.3, -0.25) is 0 Å². The lowest BCUT2D eigenvalue weighted by Crippen LogP contribution is -2.14. The number of rotatable bonds is 7. The first-order valence-corrected chi connectivity index (χ1v) is 5.40. The molecule has 16 heavy (non-hydrogen) atoms. The van der Waals surface area contributed by atoms with Gasteiger partial charge < -0.3 is 10.1 Å². The van der Waals surface area contributed by atoms with Crippen LogP contribution < -0.4 is 10.1 Å². The molecule has 2 nitrogen and oxygen atoms in total.